The van der Waals surface area contributed by atoms with Gasteiger partial charge in [0, 0.05) is 0 Å². The molecule has 0 spiro atoms. The predicted octanol–water partition coefficient (Wildman–Crippen LogP) is 0.879. The summed E-state index contributed by atoms with van der Waals surface area (Å²) in [6, 6.07) is 7.46. The minimum Gasteiger partial charge on any atom is -0.480 e. The van der Waals surface area contributed by atoms with Crippen molar-refractivity contribution in [3.8, 4) is 0 Å². The van der Waals surface area contributed by atoms with Crippen molar-refractivity contribution in [2.24, 2.45) is 0 Å². The molecule has 100 valence electrons. The van der Waals surface area contributed by atoms with Crippen molar-refractivity contribution in [3.63, 3.8) is 0 Å². The Kier molecular flexibility index (Phi) is 5.64. The van der Waals surface area contributed by atoms with Crippen LogP contribution in [-0.4, -0.2) is 31.3 Å². The van der Waals surface area contributed by atoms with E-state index in [0.717, 1.165) is 0 Å². The third kappa shape index (κ3) is 5.07. The van der Waals surface area contributed by atoms with Gasteiger partial charge in [-0.2, -0.15) is 12.6 Å². The van der Waals surface area contributed by atoms with Gasteiger partial charge in [0.05, 0.1) is 5.75 Å². The molecule has 0 radical (unpaired) electrons. The van der Waals surface area contributed by atoms with E-state index in [4.69, 9.17) is 5.11 Å². The number of hydrogen-bond acceptors (Lipinski definition) is 4. The van der Waals surface area contributed by atoms with Gasteiger partial charge in [-0.05, 0) is 17.7 Å². The number of hydrogen-bond donors (Lipinski definition) is 3. The Morgan fingerprint density at radius 2 is 1.94 bits per heavy atom. The second kappa shape index (κ2) is 6.77. The summed E-state index contributed by atoms with van der Waals surface area (Å²) in [6.07, 6.45) is 0.145. The molecule has 0 heterocycles. The Bertz CT molecular complexity index is 487. The first kappa shape index (κ1) is 15.0. The highest BCUT2D eigenvalue weighted by Crippen LogP contribution is 2.06. The molecular formula is C11H15NO4S2. The van der Waals surface area contributed by atoms with E-state index < -0.39 is 22.0 Å². The summed E-state index contributed by atoms with van der Waals surface area (Å²) >= 11 is 3.91. The van der Waals surface area contributed by atoms with Crippen molar-refractivity contribution in [2.45, 2.75) is 18.2 Å². The number of aliphatic carboxylic acids is 1. The molecule has 0 aromatic heterocycles. The van der Waals surface area contributed by atoms with Crippen LogP contribution >= 0.6 is 12.6 Å². The first-order valence-corrected chi connectivity index (χ1v) is 7.60. The monoisotopic (exact) mass is 289 g/mol. The van der Waals surface area contributed by atoms with Crippen LogP contribution < -0.4 is 4.72 Å². The van der Waals surface area contributed by atoms with Gasteiger partial charge >= 0.3 is 5.97 Å². The van der Waals surface area contributed by atoms with E-state index in [1.807, 2.05) is 0 Å². The summed E-state index contributed by atoms with van der Waals surface area (Å²) in [5.74, 6) is -1.13. The fraction of sp³-hybridized carbons (Fsp3) is 0.364. The van der Waals surface area contributed by atoms with Crippen LogP contribution in [0.15, 0.2) is 30.3 Å². The minimum atomic E-state index is -3.67. The van der Waals surface area contributed by atoms with E-state index in [-0.39, 0.29) is 12.2 Å². The molecule has 1 aromatic carbocycles. The Balaban J connectivity index is 2.72. The van der Waals surface area contributed by atoms with Crippen molar-refractivity contribution >= 4 is 28.6 Å². The van der Waals surface area contributed by atoms with Crippen LogP contribution in [0.4, 0.5) is 0 Å². The molecule has 0 saturated carbocycles. The number of rotatable bonds is 7. The average molecular weight is 289 g/mol. The highest BCUT2D eigenvalue weighted by Gasteiger charge is 2.23. The number of carboxylic acid groups (broad SMARTS) is 1. The third-order valence-corrected chi connectivity index (χ3v) is 3.85. The molecule has 0 amide bonds. The Hall–Kier alpha value is -1.05. The molecule has 0 aliphatic rings. The maximum absolute atomic E-state index is 11.8. The molecule has 1 aromatic rings. The third-order valence-electron chi connectivity index (χ3n) is 2.24. The SMILES string of the molecule is O=C(O)C(CCS)NS(=O)(=O)Cc1ccccc1. The van der Waals surface area contributed by atoms with E-state index in [2.05, 4.69) is 17.4 Å². The maximum atomic E-state index is 11.8. The Morgan fingerprint density at radius 1 is 1.33 bits per heavy atom. The lowest BCUT2D eigenvalue weighted by Crippen LogP contribution is -2.41. The highest BCUT2D eigenvalue weighted by molar-refractivity contribution is 7.88. The molecule has 1 atom stereocenters. The van der Waals surface area contributed by atoms with Crippen molar-refractivity contribution in [3.05, 3.63) is 35.9 Å². The van der Waals surface area contributed by atoms with Crippen LogP contribution in [0.3, 0.4) is 0 Å². The van der Waals surface area contributed by atoms with Crippen LogP contribution in [0.5, 0.6) is 0 Å². The van der Waals surface area contributed by atoms with Crippen molar-refractivity contribution < 1.29 is 18.3 Å². The summed E-state index contributed by atoms with van der Waals surface area (Å²) in [5, 5.41) is 8.87. The number of benzene rings is 1. The fourth-order valence-corrected chi connectivity index (χ4v) is 3.04. The summed E-state index contributed by atoms with van der Waals surface area (Å²) in [4.78, 5) is 10.9. The lowest BCUT2D eigenvalue weighted by molar-refractivity contribution is -0.139. The highest BCUT2D eigenvalue weighted by atomic mass is 32.2. The largest absolute Gasteiger partial charge is 0.480 e. The van der Waals surface area contributed by atoms with Crippen molar-refractivity contribution in [1.29, 1.82) is 0 Å². The molecule has 7 heteroatoms. The predicted molar refractivity (Wildman–Crippen MR) is 72.1 cm³/mol. The summed E-state index contributed by atoms with van der Waals surface area (Å²) in [6.45, 7) is 0. The molecule has 0 aliphatic carbocycles. The number of sulfonamides is 1. The molecule has 0 aliphatic heterocycles. The van der Waals surface area contributed by atoms with Gasteiger partial charge in [-0.1, -0.05) is 30.3 Å². The topological polar surface area (TPSA) is 83.5 Å². The summed E-state index contributed by atoms with van der Waals surface area (Å²) < 4.78 is 25.7. The van der Waals surface area contributed by atoms with Crippen LogP contribution in [0.1, 0.15) is 12.0 Å². The lowest BCUT2D eigenvalue weighted by atomic mass is 10.2. The van der Waals surface area contributed by atoms with Gasteiger partial charge in [-0.15, -0.1) is 0 Å². The Labute approximate surface area is 112 Å². The first-order chi connectivity index (χ1) is 8.44. The quantitative estimate of drug-likeness (QED) is 0.651. The fourth-order valence-electron chi connectivity index (χ4n) is 1.41. The molecule has 5 nitrogen and oxygen atoms in total. The molecular weight excluding hydrogens is 274 g/mol. The van der Waals surface area contributed by atoms with Gasteiger partial charge in [-0.25, -0.2) is 13.1 Å². The molecule has 0 fully saturated rings. The van der Waals surface area contributed by atoms with E-state index >= 15 is 0 Å². The number of carbonyl (C=O) groups is 1. The Morgan fingerprint density at radius 3 is 2.44 bits per heavy atom. The minimum absolute atomic E-state index is 0.145. The van der Waals surface area contributed by atoms with Crippen molar-refractivity contribution in [1.82, 2.24) is 4.72 Å². The zero-order chi connectivity index (χ0) is 13.6. The number of nitrogens with one attached hydrogen (secondary N) is 1. The van der Waals surface area contributed by atoms with Gasteiger partial charge < -0.3 is 5.11 Å². The summed E-state index contributed by atoms with van der Waals surface area (Å²) in [5.41, 5.74) is 0.611. The van der Waals surface area contributed by atoms with E-state index in [1.54, 1.807) is 30.3 Å². The van der Waals surface area contributed by atoms with E-state index in [0.29, 0.717) is 11.3 Å². The maximum Gasteiger partial charge on any atom is 0.321 e. The van der Waals surface area contributed by atoms with Gasteiger partial charge in [0.2, 0.25) is 10.0 Å². The van der Waals surface area contributed by atoms with E-state index in [1.165, 1.54) is 0 Å². The number of thiol groups is 1. The summed E-state index contributed by atoms with van der Waals surface area (Å²) in [7, 11) is -3.67. The molecule has 2 N–H and O–H groups in total. The second-order valence-corrected chi connectivity index (χ2v) is 5.97. The smallest absolute Gasteiger partial charge is 0.321 e. The van der Waals surface area contributed by atoms with E-state index in [9.17, 15) is 13.2 Å². The van der Waals surface area contributed by atoms with Crippen LogP contribution in [0, 0.1) is 0 Å². The average Bonchev–Trinajstić information content (AvgIpc) is 2.28. The molecule has 18 heavy (non-hydrogen) atoms. The molecule has 1 unspecified atom stereocenters. The normalized spacial score (nSPS) is 13.2. The number of carboxylic acids is 1. The first-order valence-electron chi connectivity index (χ1n) is 5.32. The van der Waals surface area contributed by atoms with Gasteiger partial charge in [0.15, 0.2) is 0 Å². The second-order valence-electron chi connectivity index (χ2n) is 3.77. The molecule has 1 rings (SSSR count). The van der Waals surface area contributed by atoms with Gasteiger partial charge in [-0.3, -0.25) is 4.79 Å². The van der Waals surface area contributed by atoms with Crippen LogP contribution in [-0.2, 0) is 20.6 Å². The van der Waals surface area contributed by atoms with Crippen molar-refractivity contribution in [2.75, 3.05) is 5.75 Å². The lowest BCUT2D eigenvalue weighted by Gasteiger charge is -2.13. The standard InChI is InChI=1S/C11H15NO4S2/c13-11(14)10(6-7-17)12-18(15,16)8-9-4-2-1-3-5-9/h1-5,10,12,17H,6-8H2,(H,13,14). The van der Waals surface area contributed by atoms with Gasteiger partial charge in [0.25, 0.3) is 0 Å². The zero-order valence-electron chi connectivity index (χ0n) is 9.61. The molecule has 0 saturated heterocycles. The van der Waals surface area contributed by atoms with Crippen LogP contribution in [0.2, 0.25) is 0 Å². The van der Waals surface area contributed by atoms with Gasteiger partial charge in [0.1, 0.15) is 6.04 Å². The molecule has 0 bridgehead atoms. The van der Waals surface area contributed by atoms with Crippen LogP contribution in [0.25, 0.3) is 0 Å². The zero-order valence-corrected chi connectivity index (χ0v) is 11.3.